The van der Waals surface area contributed by atoms with Crippen LogP contribution in [0.25, 0.3) is 22.0 Å². The summed E-state index contributed by atoms with van der Waals surface area (Å²) in [5.41, 5.74) is -0.576. The molecule has 0 bridgehead atoms. The predicted molar refractivity (Wildman–Crippen MR) is 131 cm³/mol. The Labute approximate surface area is 212 Å². The molecule has 0 atom stereocenters. The van der Waals surface area contributed by atoms with Gasteiger partial charge in [0.2, 0.25) is 0 Å². The standard InChI is InChI=1S/C27H20F6N2OS/c1-37-25-23(22(17-7-3-2-4-8-17)20-9-5-6-10-21(20)35-25)24(36)34-12-11-16-13-18(26(28,29)30)15-19(14-16)27(31,32)33/h2-10,13-15H,11-12H2,1H3,(H,34,36). The number of nitrogens with one attached hydrogen (secondary N) is 1. The first-order chi connectivity index (χ1) is 17.5. The molecule has 1 amide bonds. The van der Waals surface area contributed by atoms with E-state index >= 15 is 0 Å². The van der Waals surface area contributed by atoms with Crippen molar-refractivity contribution < 1.29 is 31.1 Å². The van der Waals surface area contributed by atoms with Gasteiger partial charge in [0, 0.05) is 17.5 Å². The van der Waals surface area contributed by atoms with Gasteiger partial charge in [-0.3, -0.25) is 4.79 Å². The monoisotopic (exact) mass is 534 g/mol. The number of carbonyl (C=O) groups excluding carboxylic acids is 1. The average molecular weight is 535 g/mol. The van der Waals surface area contributed by atoms with Crippen molar-refractivity contribution in [3.05, 3.63) is 95.1 Å². The number of hydrogen-bond acceptors (Lipinski definition) is 3. The lowest BCUT2D eigenvalue weighted by Gasteiger charge is -2.17. The van der Waals surface area contributed by atoms with Crippen LogP contribution in [0.15, 0.2) is 77.8 Å². The Morgan fingerprint density at radius 1 is 0.865 bits per heavy atom. The van der Waals surface area contributed by atoms with Gasteiger partial charge in [-0.15, -0.1) is 11.8 Å². The SMILES string of the molecule is CSc1nc2ccccc2c(-c2ccccc2)c1C(=O)NCCc1cc(C(F)(F)F)cc(C(F)(F)F)c1. The highest BCUT2D eigenvalue weighted by molar-refractivity contribution is 7.98. The Balaban J connectivity index is 1.67. The van der Waals surface area contributed by atoms with Crippen molar-refractivity contribution in [3.63, 3.8) is 0 Å². The van der Waals surface area contributed by atoms with Gasteiger partial charge in [0.1, 0.15) is 5.03 Å². The highest BCUT2D eigenvalue weighted by Crippen LogP contribution is 2.37. The van der Waals surface area contributed by atoms with Crippen LogP contribution >= 0.6 is 11.8 Å². The molecule has 10 heteroatoms. The van der Waals surface area contributed by atoms with E-state index in [1.807, 2.05) is 54.6 Å². The number of thioether (sulfide) groups is 1. The van der Waals surface area contributed by atoms with Gasteiger partial charge in [-0.25, -0.2) is 4.98 Å². The van der Waals surface area contributed by atoms with Crippen LogP contribution in [0.3, 0.4) is 0 Å². The third kappa shape index (κ3) is 5.90. The Hall–Kier alpha value is -3.53. The van der Waals surface area contributed by atoms with Crippen LogP contribution in [-0.4, -0.2) is 23.7 Å². The van der Waals surface area contributed by atoms with E-state index in [1.54, 1.807) is 6.26 Å². The van der Waals surface area contributed by atoms with Crippen molar-refractivity contribution in [2.75, 3.05) is 12.8 Å². The van der Waals surface area contributed by atoms with E-state index < -0.39 is 29.4 Å². The fourth-order valence-electron chi connectivity index (χ4n) is 4.02. The molecule has 37 heavy (non-hydrogen) atoms. The summed E-state index contributed by atoms with van der Waals surface area (Å²) in [5.74, 6) is -0.524. The van der Waals surface area contributed by atoms with Crippen molar-refractivity contribution in [1.29, 1.82) is 0 Å². The zero-order valence-electron chi connectivity index (χ0n) is 19.4. The molecular weight excluding hydrogens is 514 g/mol. The maximum Gasteiger partial charge on any atom is 0.416 e. The minimum atomic E-state index is -4.94. The molecule has 3 nitrogen and oxygen atoms in total. The minimum absolute atomic E-state index is 0.0831. The Morgan fingerprint density at radius 3 is 2.05 bits per heavy atom. The number of halogens is 6. The van der Waals surface area contributed by atoms with Gasteiger partial charge < -0.3 is 5.32 Å². The van der Waals surface area contributed by atoms with E-state index in [-0.39, 0.29) is 30.2 Å². The summed E-state index contributed by atoms with van der Waals surface area (Å²) in [7, 11) is 0. The second-order valence-electron chi connectivity index (χ2n) is 8.17. The van der Waals surface area contributed by atoms with Crippen molar-refractivity contribution in [1.82, 2.24) is 10.3 Å². The molecule has 0 saturated carbocycles. The van der Waals surface area contributed by atoms with Gasteiger partial charge in [0.05, 0.1) is 22.2 Å². The predicted octanol–water partition coefficient (Wildman–Crippen LogP) is 7.63. The number of pyridine rings is 1. The van der Waals surface area contributed by atoms with E-state index in [0.717, 1.165) is 10.9 Å². The second-order valence-corrected chi connectivity index (χ2v) is 8.97. The lowest BCUT2D eigenvalue weighted by molar-refractivity contribution is -0.143. The van der Waals surface area contributed by atoms with Crippen LogP contribution in [0.5, 0.6) is 0 Å². The molecular formula is C27H20F6N2OS. The molecule has 0 radical (unpaired) electrons. The largest absolute Gasteiger partial charge is 0.416 e. The van der Waals surface area contributed by atoms with E-state index in [4.69, 9.17) is 0 Å². The van der Waals surface area contributed by atoms with Crippen LogP contribution in [0, 0.1) is 0 Å². The Morgan fingerprint density at radius 2 is 1.46 bits per heavy atom. The van der Waals surface area contributed by atoms with Gasteiger partial charge in [-0.2, -0.15) is 26.3 Å². The van der Waals surface area contributed by atoms with Gasteiger partial charge in [0.15, 0.2) is 0 Å². The highest BCUT2D eigenvalue weighted by Gasteiger charge is 2.36. The molecule has 1 aromatic heterocycles. The summed E-state index contributed by atoms with van der Waals surface area (Å²) in [6, 6.07) is 17.9. The van der Waals surface area contributed by atoms with Gasteiger partial charge in [-0.05, 0) is 48.1 Å². The van der Waals surface area contributed by atoms with Crippen LogP contribution < -0.4 is 5.32 Å². The molecule has 4 aromatic rings. The fourth-order valence-corrected chi connectivity index (χ4v) is 4.61. The molecule has 4 rings (SSSR count). The molecule has 0 unspecified atom stereocenters. The third-order valence-electron chi connectivity index (χ3n) is 5.69. The van der Waals surface area contributed by atoms with Crippen molar-refractivity contribution in [2.24, 2.45) is 0 Å². The molecule has 0 aliphatic carbocycles. The summed E-state index contributed by atoms with van der Waals surface area (Å²) in [6.07, 6.45) is -8.33. The van der Waals surface area contributed by atoms with E-state index in [0.29, 0.717) is 28.2 Å². The molecule has 0 saturated heterocycles. The lowest BCUT2D eigenvalue weighted by atomic mass is 9.96. The number of amides is 1. The molecule has 192 valence electrons. The molecule has 1 N–H and O–H groups in total. The number of rotatable bonds is 6. The van der Waals surface area contributed by atoms with Crippen LogP contribution in [-0.2, 0) is 18.8 Å². The summed E-state index contributed by atoms with van der Waals surface area (Å²) in [4.78, 5) is 18.0. The molecule has 3 aromatic carbocycles. The smallest absolute Gasteiger partial charge is 0.352 e. The first-order valence-corrected chi connectivity index (χ1v) is 12.3. The Bertz CT molecular complexity index is 1400. The topological polar surface area (TPSA) is 42.0 Å². The highest BCUT2D eigenvalue weighted by atomic mass is 32.2. The van der Waals surface area contributed by atoms with E-state index in [9.17, 15) is 31.1 Å². The van der Waals surface area contributed by atoms with Gasteiger partial charge >= 0.3 is 12.4 Å². The molecule has 0 spiro atoms. The Kier molecular flexibility index (Phi) is 7.49. The van der Waals surface area contributed by atoms with Crippen molar-refractivity contribution in [3.8, 4) is 11.1 Å². The average Bonchev–Trinajstić information content (AvgIpc) is 2.86. The molecule has 0 fully saturated rings. The number of hydrogen-bond donors (Lipinski definition) is 1. The zero-order valence-corrected chi connectivity index (χ0v) is 20.2. The van der Waals surface area contributed by atoms with Crippen molar-refractivity contribution >= 4 is 28.6 Å². The second kappa shape index (κ2) is 10.5. The number of alkyl halides is 6. The normalized spacial score (nSPS) is 12.1. The maximum atomic E-state index is 13.4. The van der Waals surface area contributed by atoms with E-state index in [1.165, 1.54) is 11.8 Å². The number of aromatic nitrogens is 1. The maximum absolute atomic E-state index is 13.4. The van der Waals surface area contributed by atoms with E-state index in [2.05, 4.69) is 10.3 Å². The van der Waals surface area contributed by atoms with Gasteiger partial charge in [-0.1, -0.05) is 48.5 Å². The molecule has 0 aliphatic rings. The van der Waals surface area contributed by atoms with Crippen LogP contribution in [0.4, 0.5) is 26.3 Å². The van der Waals surface area contributed by atoms with Crippen LogP contribution in [0.2, 0.25) is 0 Å². The number of benzene rings is 3. The summed E-state index contributed by atoms with van der Waals surface area (Å²) < 4.78 is 79.1. The first kappa shape index (κ1) is 26.5. The summed E-state index contributed by atoms with van der Waals surface area (Å²) in [6.45, 7) is -0.174. The van der Waals surface area contributed by atoms with Crippen molar-refractivity contribution in [2.45, 2.75) is 23.8 Å². The number of carbonyl (C=O) groups is 1. The fraction of sp³-hybridized carbons (Fsp3) is 0.185. The number of para-hydroxylation sites is 1. The molecule has 0 aliphatic heterocycles. The number of fused-ring (bicyclic) bond motifs is 1. The van der Waals surface area contributed by atoms with Crippen LogP contribution in [0.1, 0.15) is 27.0 Å². The molecule has 1 heterocycles. The zero-order chi connectivity index (χ0) is 26.8. The first-order valence-electron chi connectivity index (χ1n) is 11.1. The summed E-state index contributed by atoms with van der Waals surface area (Å²) in [5, 5.41) is 3.85. The third-order valence-corrected chi connectivity index (χ3v) is 6.37. The summed E-state index contributed by atoms with van der Waals surface area (Å²) >= 11 is 1.26. The number of nitrogens with zero attached hydrogens (tertiary/aromatic N) is 1. The lowest BCUT2D eigenvalue weighted by Crippen LogP contribution is -2.27. The quantitative estimate of drug-likeness (QED) is 0.204. The minimum Gasteiger partial charge on any atom is -0.352 e. The van der Waals surface area contributed by atoms with Gasteiger partial charge in [0.25, 0.3) is 5.91 Å².